The molecule has 2 fully saturated rings. The zero-order chi connectivity index (χ0) is 25.7. The predicted molar refractivity (Wildman–Crippen MR) is 130 cm³/mol. The van der Waals surface area contributed by atoms with E-state index in [1.54, 1.807) is 12.1 Å². The van der Waals surface area contributed by atoms with Crippen molar-refractivity contribution in [2.75, 3.05) is 62.9 Å². The summed E-state index contributed by atoms with van der Waals surface area (Å²) in [6.45, 7) is 2.71. The topological polar surface area (TPSA) is 170 Å². The third kappa shape index (κ3) is 5.59. The molecule has 2 aliphatic heterocycles. The summed E-state index contributed by atoms with van der Waals surface area (Å²) in [5, 5.41) is 27.0. The Kier molecular flexibility index (Phi) is 7.73. The summed E-state index contributed by atoms with van der Waals surface area (Å²) in [5.74, 6) is 0. The second-order valence-corrected chi connectivity index (χ2v) is 9.84. The Morgan fingerprint density at radius 1 is 0.917 bits per heavy atom. The number of ether oxygens (including phenoxy) is 2. The van der Waals surface area contributed by atoms with Crippen LogP contribution >= 0.6 is 0 Å². The van der Waals surface area contributed by atoms with Gasteiger partial charge in [-0.2, -0.15) is 9.41 Å². The summed E-state index contributed by atoms with van der Waals surface area (Å²) in [5.41, 5.74) is 3.05. The van der Waals surface area contributed by atoms with E-state index in [1.807, 2.05) is 4.90 Å². The molecule has 0 atom stereocenters. The lowest BCUT2D eigenvalue weighted by atomic mass is 10.1. The maximum Gasteiger partial charge on any atom is 0.293 e. The first-order chi connectivity index (χ1) is 17.3. The summed E-state index contributed by atoms with van der Waals surface area (Å²) in [6.07, 6.45) is 1.31. The van der Waals surface area contributed by atoms with Crippen LogP contribution in [0, 0.1) is 20.2 Å². The molecule has 0 aliphatic carbocycles. The summed E-state index contributed by atoms with van der Waals surface area (Å²) < 4.78 is 38.1. The van der Waals surface area contributed by atoms with E-state index >= 15 is 0 Å². The lowest BCUT2D eigenvalue weighted by molar-refractivity contribution is -0.385. The molecular formula is C21H24N6O8S. The van der Waals surface area contributed by atoms with E-state index in [9.17, 15) is 28.6 Å². The van der Waals surface area contributed by atoms with Crippen LogP contribution in [0.4, 0.5) is 22.7 Å². The number of nitrogens with zero attached hydrogens (tertiary/aromatic N) is 5. The van der Waals surface area contributed by atoms with Crippen molar-refractivity contribution >= 4 is 39.0 Å². The Morgan fingerprint density at radius 3 is 2.22 bits per heavy atom. The van der Waals surface area contributed by atoms with Crippen LogP contribution in [-0.4, -0.2) is 81.4 Å². The molecule has 2 heterocycles. The Balaban J connectivity index is 1.60. The van der Waals surface area contributed by atoms with E-state index in [2.05, 4.69) is 10.5 Å². The first kappa shape index (κ1) is 25.4. The first-order valence-corrected chi connectivity index (χ1v) is 12.5. The number of hydrogen-bond acceptors (Lipinski definition) is 11. The Labute approximate surface area is 206 Å². The molecule has 2 saturated heterocycles. The van der Waals surface area contributed by atoms with Crippen LogP contribution < -0.4 is 10.3 Å². The maximum atomic E-state index is 13.2. The van der Waals surface area contributed by atoms with Gasteiger partial charge in [0.1, 0.15) is 10.6 Å². The zero-order valence-corrected chi connectivity index (χ0v) is 19.9. The van der Waals surface area contributed by atoms with Crippen molar-refractivity contribution in [3.05, 3.63) is 62.2 Å². The van der Waals surface area contributed by atoms with E-state index in [1.165, 1.54) is 22.7 Å². The lowest BCUT2D eigenvalue weighted by Crippen LogP contribution is -2.40. The van der Waals surface area contributed by atoms with Gasteiger partial charge in [-0.05, 0) is 12.1 Å². The van der Waals surface area contributed by atoms with E-state index in [0.29, 0.717) is 37.6 Å². The van der Waals surface area contributed by atoms with Gasteiger partial charge in [-0.15, -0.1) is 0 Å². The van der Waals surface area contributed by atoms with Crippen LogP contribution in [0.25, 0.3) is 0 Å². The van der Waals surface area contributed by atoms with Gasteiger partial charge in [0.2, 0.25) is 10.0 Å². The minimum absolute atomic E-state index is 0.0304. The average molecular weight is 521 g/mol. The summed E-state index contributed by atoms with van der Waals surface area (Å²) in [6, 6.07) is 8.06. The number of nitro benzene ring substituents is 2. The second kappa shape index (κ2) is 10.9. The number of benzene rings is 2. The molecule has 0 spiro atoms. The second-order valence-electron chi connectivity index (χ2n) is 7.93. The molecule has 0 aromatic heterocycles. The molecular weight excluding hydrogens is 496 g/mol. The highest BCUT2D eigenvalue weighted by atomic mass is 32.2. The molecule has 2 aromatic carbocycles. The van der Waals surface area contributed by atoms with Crippen LogP contribution in [0.2, 0.25) is 0 Å². The van der Waals surface area contributed by atoms with Crippen LogP contribution in [-0.2, 0) is 19.5 Å². The third-order valence-electron chi connectivity index (χ3n) is 5.71. The largest absolute Gasteiger partial charge is 0.379 e. The molecule has 4 rings (SSSR count). The monoisotopic (exact) mass is 520 g/mol. The van der Waals surface area contributed by atoms with Gasteiger partial charge in [0.15, 0.2) is 0 Å². The van der Waals surface area contributed by atoms with E-state index in [0.717, 1.165) is 12.1 Å². The number of hydrazone groups is 1. The summed E-state index contributed by atoms with van der Waals surface area (Å²) in [4.78, 5) is 23.3. The van der Waals surface area contributed by atoms with Crippen molar-refractivity contribution in [3.63, 3.8) is 0 Å². The van der Waals surface area contributed by atoms with Crippen LogP contribution in [0.1, 0.15) is 5.56 Å². The molecule has 192 valence electrons. The molecule has 0 amide bonds. The van der Waals surface area contributed by atoms with Crippen molar-refractivity contribution in [3.8, 4) is 0 Å². The molecule has 1 N–H and O–H groups in total. The fourth-order valence-corrected chi connectivity index (χ4v) is 5.44. The molecule has 0 radical (unpaired) electrons. The molecule has 36 heavy (non-hydrogen) atoms. The van der Waals surface area contributed by atoms with Crippen LogP contribution in [0.3, 0.4) is 0 Å². The standard InChI is InChI=1S/C21H24N6O8S/c28-26(29)17-2-3-18(21(14-17)36(32,33)25-7-11-35-12-8-25)23-22-15-16-1-4-19(20(13-16)27(30)31)24-5-9-34-10-6-24/h1-4,13-15,23H,5-12H2/b22-15-. The van der Waals surface area contributed by atoms with E-state index in [4.69, 9.17) is 9.47 Å². The number of nitro groups is 2. The lowest BCUT2D eigenvalue weighted by Gasteiger charge is -2.28. The minimum Gasteiger partial charge on any atom is -0.379 e. The number of rotatable bonds is 8. The van der Waals surface area contributed by atoms with Gasteiger partial charge in [-0.25, -0.2) is 8.42 Å². The number of non-ortho nitro benzene ring substituents is 1. The summed E-state index contributed by atoms with van der Waals surface area (Å²) in [7, 11) is -4.07. The van der Waals surface area contributed by atoms with Gasteiger partial charge < -0.3 is 14.4 Å². The number of anilines is 2. The van der Waals surface area contributed by atoms with Gasteiger partial charge in [0, 0.05) is 49.9 Å². The predicted octanol–water partition coefficient (Wildman–Crippen LogP) is 1.81. The van der Waals surface area contributed by atoms with Crippen molar-refractivity contribution < 1.29 is 27.7 Å². The Hall–Kier alpha value is -3.66. The Bertz CT molecular complexity index is 1270. The highest BCUT2D eigenvalue weighted by molar-refractivity contribution is 7.89. The number of morpholine rings is 2. The fourth-order valence-electron chi connectivity index (χ4n) is 3.87. The van der Waals surface area contributed by atoms with Crippen molar-refractivity contribution in [1.82, 2.24) is 4.31 Å². The molecule has 15 heteroatoms. The smallest absolute Gasteiger partial charge is 0.293 e. The number of sulfonamides is 1. The van der Waals surface area contributed by atoms with Crippen LogP contribution in [0.5, 0.6) is 0 Å². The van der Waals surface area contributed by atoms with Crippen molar-refractivity contribution in [2.45, 2.75) is 4.90 Å². The van der Waals surface area contributed by atoms with Crippen molar-refractivity contribution in [2.24, 2.45) is 5.10 Å². The van der Waals surface area contributed by atoms with Crippen molar-refractivity contribution in [1.29, 1.82) is 0 Å². The normalized spacial score (nSPS) is 17.3. The van der Waals surface area contributed by atoms with Gasteiger partial charge in [-0.3, -0.25) is 25.7 Å². The Morgan fingerprint density at radius 2 is 1.58 bits per heavy atom. The summed E-state index contributed by atoms with van der Waals surface area (Å²) >= 11 is 0. The quantitative estimate of drug-likeness (QED) is 0.308. The fraction of sp³-hybridized carbons (Fsp3) is 0.381. The third-order valence-corrected chi connectivity index (χ3v) is 7.65. The van der Waals surface area contributed by atoms with Gasteiger partial charge >= 0.3 is 0 Å². The highest BCUT2D eigenvalue weighted by Gasteiger charge is 2.30. The van der Waals surface area contributed by atoms with E-state index in [-0.39, 0.29) is 48.3 Å². The minimum atomic E-state index is -4.07. The molecule has 0 saturated carbocycles. The maximum absolute atomic E-state index is 13.2. The van der Waals surface area contributed by atoms with Crippen LogP contribution in [0.15, 0.2) is 46.4 Å². The molecule has 0 unspecified atom stereocenters. The zero-order valence-electron chi connectivity index (χ0n) is 19.1. The van der Waals surface area contributed by atoms with Gasteiger partial charge in [0.25, 0.3) is 11.4 Å². The highest BCUT2D eigenvalue weighted by Crippen LogP contribution is 2.31. The van der Waals surface area contributed by atoms with Gasteiger partial charge in [0.05, 0.1) is 48.2 Å². The average Bonchev–Trinajstić information content (AvgIpc) is 2.89. The molecule has 2 aliphatic rings. The molecule has 2 aromatic rings. The first-order valence-electron chi connectivity index (χ1n) is 11.0. The van der Waals surface area contributed by atoms with Gasteiger partial charge in [-0.1, -0.05) is 6.07 Å². The molecule has 14 nitrogen and oxygen atoms in total. The number of hydrogen-bond donors (Lipinski definition) is 1. The SMILES string of the molecule is O=[N+]([O-])c1ccc(N/N=C\c2ccc(N3CCOCC3)c([N+](=O)[O-])c2)c(S(=O)(=O)N2CCOCC2)c1. The van der Waals surface area contributed by atoms with E-state index < -0.39 is 19.9 Å². The number of nitrogens with one attached hydrogen (secondary N) is 1. The molecule has 0 bridgehead atoms.